The Balaban J connectivity index is 2.18. The fourth-order valence-corrected chi connectivity index (χ4v) is 4.35. The first-order valence-corrected chi connectivity index (χ1v) is 8.34. The summed E-state index contributed by atoms with van der Waals surface area (Å²) in [5, 5.41) is 7.65. The van der Waals surface area contributed by atoms with Gasteiger partial charge in [-0.25, -0.2) is 0 Å². The molecule has 2 aromatic carbocycles. The average molecular weight is 367 g/mol. The van der Waals surface area contributed by atoms with E-state index in [9.17, 15) is 0 Å². The molecule has 1 N–H and O–H groups in total. The van der Waals surface area contributed by atoms with E-state index in [0.717, 1.165) is 15.1 Å². The van der Waals surface area contributed by atoms with Gasteiger partial charge in [-0.2, -0.15) is 0 Å². The minimum Gasteiger partial charge on any atom is -0.309 e. The number of thiophene rings is 1. The summed E-state index contributed by atoms with van der Waals surface area (Å²) in [6.45, 7) is 0. The van der Waals surface area contributed by atoms with E-state index < -0.39 is 0 Å². The van der Waals surface area contributed by atoms with E-state index >= 15 is 0 Å². The molecule has 0 bridgehead atoms. The van der Waals surface area contributed by atoms with E-state index in [-0.39, 0.29) is 6.04 Å². The Bertz CT molecular complexity index is 753. The van der Waals surface area contributed by atoms with Crippen molar-refractivity contribution in [3.05, 3.63) is 68.5 Å². The van der Waals surface area contributed by atoms with Crippen LogP contribution in [0.25, 0.3) is 10.1 Å². The van der Waals surface area contributed by atoms with E-state index in [1.165, 1.54) is 15.6 Å². The van der Waals surface area contributed by atoms with Crippen molar-refractivity contribution in [2.45, 2.75) is 6.04 Å². The van der Waals surface area contributed by atoms with Crippen LogP contribution in [0.2, 0.25) is 5.02 Å². The Kier molecular flexibility index (Phi) is 4.13. The van der Waals surface area contributed by atoms with Crippen LogP contribution in [-0.2, 0) is 0 Å². The quantitative estimate of drug-likeness (QED) is 0.634. The minimum atomic E-state index is 0.103. The van der Waals surface area contributed by atoms with Gasteiger partial charge in [-0.05, 0) is 57.0 Å². The van der Waals surface area contributed by atoms with Gasteiger partial charge in [0.05, 0.1) is 6.04 Å². The van der Waals surface area contributed by atoms with Crippen molar-refractivity contribution < 1.29 is 0 Å². The highest BCUT2D eigenvalue weighted by Crippen LogP contribution is 2.38. The third-order valence-corrected chi connectivity index (χ3v) is 5.71. The predicted molar refractivity (Wildman–Crippen MR) is 91.9 cm³/mol. The van der Waals surface area contributed by atoms with Gasteiger partial charge in [-0.1, -0.05) is 41.9 Å². The summed E-state index contributed by atoms with van der Waals surface area (Å²) in [5.74, 6) is 0. The van der Waals surface area contributed by atoms with Gasteiger partial charge in [-0.3, -0.25) is 0 Å². The zero-order chi connectivity index (χ0) is 14.1. The van der Waals surface area contributed by atoms with E-state index in [2.05, 4.69) is 50.9 Å². The second-order valence-corrected chi connectivity index (χ2v) is 6.69. The minimum absolute atomic E-state index is 0.103. The first-order valence-electron chi connectivity index (χ1n) is 6.29. The molecule has 0 fully saturated rings. The molecule has 0 aliphatic heterocycles. The molecule has 1 atom stereocenters. The standard InChI is InChI=1S/C16H13BrClNS/c1-19-15(11-5-2-3-8-14(11)18)12-9-20-16-10(12)6-4-7-13(16)17/h2-9,15,19H,1H3. The highest BCUT2D eigenvalue weighted by atomic mass is 79.9. The van der Waals surface area contributed by atoms with Crippen LogP contribution in [0.4, 0.5) is 0 Å². The van der Waals surface area contributed by atoms with E-state index in [1.54, 1.807) is 11.3 Å². The van der Waals surface area contributed by atoms with Gasteiger partial charge >= 0.3 is 0 Å². The van der Waals surface area contributed by atoms with Crippen LogP contribution in [-0.4, -0.2) is 7.05 Å². The Morgan fingerprint density at radius 2 is 1.90 bits per heavy atom. The molecular formula is C16H13BrClNS. The average Bonchev–Trinajstić information content (AvgIpc) is 2.87. The maximum absolute atomic E-state index is 6.35. The number of rotatable bonds is 3. The lowest BCUT2D eigenvalue weighted by molar-refractivity contribution is 0.699. The van der Waals surface area contributed by atoms with Gasteiger partial charge < -0.3 is 5.32 Å². The molecule has 20 heavy (non-hydrogen) atoms. The Labute approximate surface area is 135 Å². The van der Waals surface area contributed by atoms with Crippen LogP contribution in [0, 0.1) is 0 Å². The molecule has 1 heterocycles. The Morgan fingerprint density at radius 3 is 2.65 bits per heavy atom. The summed E-state index contributed by atoms with van der Waals surface area (Å²) >= 11 is 11.7. The van der Waals surface area contributed by atoms with E-state index in [1.807, 2.05) is 25.2 Å². The molecular weight excluding hydrogens is 354 g/mol. The first kappa shape index (κ1) is 14.1. The molecule has 0 radical (unpaired) electrons. The fraction of sp³-hybridized carbons (Fsp3) is 0.125. The largest absolute Gasteiger partial charge is 0.309 e. The lowest BCUT2D eigenvalue weighted by atomic mass is 9.98. The number of fused-ring (bicyclic) bond motifs is 1. The molecule has 0 spiro atoms. The summed E-state index contributed by atoms with van der Waals surface area (Å²) in [4.78, 5) is 0. The van der Waals surface area contributed by atoms with Crippen molar-refractivity contribution >= 4 is 49.0 Å². The van der Waals surface area contributed by atoms with E-state index in [0.29, 0.717) is 0 Å². The summed E-state index contributed by atoms with van der Waals surface area (Å²) < 4.78 is 2.41. The molecule has 1 nitrogen and oxygen atoms in total. The third kappa shape index (κ3) is 2.40. The monoisotopic (exact) mass is 365 g/mol. The predicted octanol–water partition coefficient (Wildman–Crippen LogP) is 5.63. The van der Waals surface area contributed by atoms with Crippen LogP contribution >= 0.6 is 38.9 Å². The molecule has 0 saturated carbocycles. The molecule has 0 amide bonds. The van der Waals surface area contributed by atoms with Crippen molar-refractivity contribution in [2.24, 2.45) is 0 Å². The molecule has 1 aromatic heterocycles. The SMILES string of the molecule is CNC(c1ccccc1Cl)c1csc2c(Br)cccc12. The van der Waals surface area contributed by atoms with Gasteiger partial charge in [0.1, 0.15) is 0 Å². The van der Waals surface area contributed by atoms with E-state index in [4.69, 9.17) is 11.6 Å². The van der Waals surface area contributed by atoms with Crippen LogP contribution in [0.1, 0.15) is 17.2 Å². The van der Waals surface area contributed by atoms with Gasteiger partial charge in [0.15, 0.2) is 0 Å². The highest BCUT2D eigenvalue weighted by molar-refractivity contribution is 9.10. The molecule has 0 aliphatic rings. The molecule has 0 saturated heterocycles. The maximum Gasteiger partial charge on any atom is 0.0603 e. The van der Waals surface area contributed by atoms with Gasteiger partial charge in [0.2, 0.25) is 0 Å². The lowest BCUT2D eigenvalue weighted by Crippen LogP contribution is -2.17. The van der Waals surface area contributed by atoms with Gasteiger partial charge in [0.25, 0.3) is 0 Å². The molecule has 4 heteroatoms. The second-order valence-electron chi connectivity index (χ2n) is 4.55. The van der Waals surface area contributed by atoms with Crippen molar-refractivity contribution in [2.75, 3.05) is 7.05 Å². The third-order valence-electron chi connectivity index (χ3n) is 3.40. The lowest BCUT2D eigenvalue weighted by Gasteiger charge is -2.17. The van der Waals surface area contributed by atoms with Crippen LogP contribution in [0.5, 0.6) is 0 Å². The number of benzene rings is 2. The normalized spacial score (nSPS) is 12.8. The van der Waals surface area contributed by atoms with Gasteiger partial charge in [0, 0.05) is 14.2 Å². The first-order chi connectivity index (χ1) is 9.72. The zero-order valence-corrected chi connectivity index (χ0v) is 14.0. The second kappa shape index (κ2) is 5.86. The molecule has 102 valence electrons. The van der Waals surface area contributed by atoms with Crippen LogP contribution < -0.4 is 5.32 Å². The van der Waals surface area contributed by atoms with Crippen molar-refractivity contribution in [1.29, 1.82) is 0 Å². The summed E-state index contributed by atoms with van der Waals surface area (Å²) in [5.41, 5.74) is 2.37. The fourth-order valence-electron chi connectivity index (χ4n) is 2.45. The summed E-state index contributed by atoms with van der Waals surface area (Å²) in [7, 11) is 1.97. The van der Waals surface area contributed by atoms with Crippen molar-refractivity contribution in [1.82, 2.24) is 5.32 Å². The number of hydrogen-bond acceptors (Lipinski definition) is 2. The summed E-state index contributed by atoms with van der Waals surface area (Å²) in [6.07, 6.45) is 0. The molecule has 3 aromatic rings. The van der Waals surface area contributed by atoms with Crippen molar-refractivity contribution in [3.63, 3.8) is 0 Å². The topological polar surface area (TPSA) is 12.0 Å². The Hall–Kier alpha value is -0.870. The summed E-state index contributed by atoms with van der Waals surface area (Å²) in [6, 6.07) is 14.4. The Morgan fingerprint density at radius 1 is 1.10 bits per heavy atom. The number of halogens is 2. The number of hydrogen-bond donors (Lipinski definition) is 1. The smallest absolute Gasteiger partial charge is 0.0603 e. The molecule has 0 aliphatic carbocycles. The maximum atomic E-state index is 6.35. The van der Waals surface area contributed by atoms with Gasteiger partial charge in [-0.15, -0.1) is 11.3 Å². The van der Waals surface area contributed by atoms with Crippen LogP contribution in [0.15, 0.2) is 52.3 Å². The van der Waals surface area contributed by atoms with Crippen molar-refractivity contribution in [3.8, 4) is 0 Å². The molecule has 1 unspecified atom stereocenters. The molecule has 3 rings (SSSR count). The highest BCUT2D eigenvalue weighted by Gasteiger charge is 2.19. The van der Waals surface area contributed by atoms with Crippen LogP contribution in [0.3, 0.4) is 0 Å². The zero-order valence-electron chi connectivity index (χ0n) is 10.9. The number of nitrogens with one attached hydrogen (secondary N) is 1.